The molecular weight excluding hydrogens is 278 g/mol. The topological polar surface area (TPSA) is 86.6 Å². The predicted octanol–water partition coefficient (Wildman–Crippen LogP) is 1.83. The highest BCUT2D eigenvalue weighted by molar-refractivity contribution is 7.14. The molecular formula is C14H21NO4S. The second-order valence-corrected chi connectivity index (χ2v) is 5.70. The van der Waals surface area contributed by atoms with Gasteiger partial charge in [-0.15, -0.1) is 11.3 Å². The lowest BCUT2D eigenvalue weighted by molar-refractivity contribution is -0.146. The lowest BCUT2D eigenvalue weighted by atomic mass is 10.1. The van der Waals surface area contributed by atoms with Gasteiger partial charge < -0.3 is 15.5 Å². The number of aryl methyl sites for hydroxylation is 2. The molecule has 0 aliphatic rings. The summed E-state index contributed by atoms with van der Waals surface area (Å²) in [6.45, 7) is 4.31. The Labute approximate surface area is 122 Å². The van der Waals surface area contributed by atoms with Crippen molar-refractivity contribution in [3.8, 4) is 0 Å². The summed E-state index contributed by atoms with van der Waals surface area (Å²) in [4.78, 5) is 24.3. The molecule has 1 heterocycles. The third-order valence-electron chi connectivity index (χ3n) is 2.97. The quantitative estimate of drug-likeness (QED) is 0.683. The van der Waals surface area contributed by atoms with E-state index in [0.717, 1.165) is 19.3 Å². The third-order valence-corrected chi connectivity index (χ3v) is 4.20. The highest BCUT2D eigenvalue weighted by Gasteiger charge is 2.15. The van der Waals surface area contributed by atoms with Gasteiger partial charge in [-0.1, -0.05) is 20.3 Å². The standard InChI is InChI=1S/C14H21NO4S/c1-3-5-11-9(4-2)8-12(20-11)13(17)15-7-6-10(16)14(18)19/h8,10,16H,3-7H2,1-2H3,(H,15,17)(H,18,19). The summed E-state index contributed by atoms with van der Waals surface area (Å²) >= 11 is 1.49. The van der Waals surface area contributed by atoms with Crippen LogP contribution in [-0.4, -0.2) is 34.7 Å². The average molecular weight is 299 g/mol. The van der Waals surface area contributed by atoms with E-state index in [2.05, 4.69) is 19.2 Å². The van der Waals surface area contributed by atoms with Crippen LogP contribution >= 0.6 is 11.3 Å². The molecule has 0 aliphatic carbocycles. The Morgan fingerprint density at radius 2 is 2.10 bits per heavy atom. The number of thiophene rings is 1. The number of carboxylic acid groups (broad SMARTS) is 1. The van der Waals surface area contributed by atoms with E-state index in [-0.39, 0.29) is 18.9 Å². The van der Waals surface area contributed by atoms with Gasteiger partial charge in [0.15, 0.2) is 6.10 Å². The molecule has 6 heteroatoms. The van der Waals surface area contributed by atoms with Crippen LogP contribution in [0.4, 0.5) is 0 Å². The van der Waals surface area contributed by atoms with Crippen LogP contribution < -0.4 is 5.32 Å². The first kappa shape index (κ1) is 16.7. The fourth-order valence-corrected chi connectivity index (χ4v) is 3.12. The second-order valence-electron chi connectivity index (χ2n) is 4.56. The molecule has 112 valence electrons. The summed E-state index contributed by atoms with van der Waals surface area (Å²) in [6.07, 6.45) is 1.49. The van der Waals surface area contributed by atoms with Crippen molar-refractivity contribution >= 4 is 23.2 Å². The average Bonchev–Trinajstić information content (AvgIpc) is 2.82. The number of hydrogen-bond acceptors (Lipinski definition) is 4. The summed E-state index contributed by atoms with van der Waals surface area (Å²) in [5.74, 6) is -1.47. The van der Waals surface area contributed by atoms with Gasteiger partial charge in [-0.3, -0.25) is 4.79 Å². The van der Waals surface area contributed by atoms with Crippen molar-refractivity contribution in [2.24, 2.45) is 0 Å². The van der Waals surface area contributed by atoms with Crippen molar-refractivity contribution in [1.82, 2.24) is 5.32 Å². The minimum Gasteiger partial charge on any atom is -0.479 e. The number of carboxylic acids is 1. The van der Waals surface area contributed by atoms with Gasteiger partial charge in [-0.05, 0) is 24.5 Å². The van der Waals surface area contributed by atoms with Crippen LogP contribution in [0.15, 0.2) is 6.07 Å². The number of carbonyl (C=O) groups is 2. The summed E-state index contributed by atoms with van der Waals surface area (Å²) in [6, 6.07) is 1.90. The van der Waals surface area contributed by atoms with Gasteiger partial charge in [-0.25, -0.2) is 4.79 Å². The molecule has 20 heavy (non-hydrogen) atoms. The molecule has 0 bridgehead atoms. The molecule has 0 saturated carbocycles. The molecule has 1 unspecified atom stereocenters. The Hall–Kier alpha value is -1.40. The van der Waals surface area contributed by atoms with Gasteiger partial charge >= 0.3 is 5.97 Å². The van der Waals surface area contributed by atoms with E-state index in [9.17, 15) is 9.59 Å². The first-order valence-electron chi connectivity index (χ1n) is 6.80. The van der Waals surface area contributed by atoms with Crippen LogP contribution in [0.2, 0.25) is 0 Å². The summed E-state index contributed by atoms with van der Waals surface area (Å²) in [7, 11) is 0. The maximum atomic E-state index is 12.0. The highest BCUT2D eigenvalue weighted by atomic mass is 32.1. The zero-order valence-corrected chi connectivity index (χ0v) is 12.6. The van der Waals surface area contributed by atoms with Gasteiger partial charge in [-0.2, -0.15) is 0 Å². The Morgan fingerprint density at radius 1 is 1.40 bits per heavy atom. The lowest BCUT2D eigenvalue weighted by Gasteiger charge is -2.06. The number of amides is 1. The molecule has 0 radical (unpaired) electrons. The van der Waals surface area contributed by atoms with E-state index in [1.54, 1.807) is 0 Å². The largest absolute Gasteiger partial charge is 0.479 e. The van der Waals surface area contributed by atoms with Crippen LogP contribution in [0.25, 0.3) is 0 Å². The third kappa shape index (κ3) is 4.61. The van der Waals surface area contributed by atoms with Crippen LogP contribution in [0.1, 0.15) is 46.8 Å². The highest BCUT2D eigenvalue weighted by Crippen LogP contribution is 2.24. The lowest BCUT2D eigenvalue weighted by Crippen LogP contribution is -2.29. The van der Waals surface area contributed by atoms with E-state index in [1.807, 2.05) is 6.07 Å². The predicted molar refractivity (Wildman–Crippen MR) is 78.3 cm³/mol. The number of carbonyl (C=O) groups excluding carboxylic acids is 1. The van der Waals surface area contributed by atoms with Gasteiger partial charge in [0.25, 0.3) is 5.91 Å². The molecule has 1 atom stereocenters. The van der Waals surface area contributed by atoms with Crippen LogP contribution in [0.5, 0.6) is 0 Å². The molecule has 1 aromatic rings. The maximum absolute atomic E-state index is 12.0. The van der Waals surface area contributed by atoms with Crippen molar-refractivity contribution < 1.29 is 19.8 Å². The van der Waals surface area contributed by atoms with Gasteiger partial charge in [0.1, 0.15) is 0 Å². The van der Waals surface area contributed by atoms with Crippen LogP contribution in [0, 0.1) is 0 Å². The second kappa shape index (κ2) is 8.01. The summed E-state index contributed by atoms with van der Waals surface area (Å²) < 4.78 is 0. The molecule has 1 aromatic heterocycles. The zero-order valence-electron chi connectivity index (χ0n) is 11.8. The summed E-state index contributed by atoms with van der Waals surface area (Å²) in [5.41, 5.74) is 1.20. The molecule has 3 N–H and O–H groups in total. The fraction of sp³-hybridized carbons (Fsp3) is 0.571. The molecule has 0 aliphatic heterocycles. The normalized spacial score (nSPS) is 12.2. The van der Waals surface area contributed by atoms with Gasteiger partial charge in [0, 0.05) is 17.8 Å². The van der Waals surface area contributed by atoms with Crippen molar-refractivity contribution in [3.63, 3.8) is 0 Å². The van der Waals surface area contributed by atoms with Crippen molar-refractivity contribution in [2.75, 3.05) is 6.54 Å². The number of nitrogens with one attached hydrogen (secondary N) is 1. The minimum absolute atomic E-state index is 0.00883. The smallest absolute Gasteiger partial charge is 0.332 e. The molecule has 1 rings (SSSR count). The number of aliphatic hydroxyl groups excluding tert-OH is 1. The molecule has 0 saturated heterocycles. The first-order chi connectivity index (χ1) is 9.49. The molecule has 0 aromatic carbocycles. The Bertz CT molecular complexity index is 470. The zero-order chi connectivity index (χ0) is 15.1. The molecule has 1 amide bonds. The molecule has 5 nitrogen and oxygen atoms in total. The Kier molecular flexibility index (Phi) is 6.67. The van der Waals surface area contributed by atoms with Gasteiger partial charge in [0.2, 0.25) is 0 Å². The van der Waals surface area contributed by atoms with Crippen molar-refractivity contribution in [3.05, 3.63) is 21.4 Å². The molecule has 0 fully saturated rings. The number of hydrogen-bond donors (Lipinski definition) is 3. The number of aliphatic hydroxyl groups is 1. The molecule has 0 spiro atoms. The van der Waals surface area contributed by atoms with Crippen molar-refractivity contribution in [1.29, 1.82) is 0 Å². The minimum atomic E-state index is -1.43. The van der Waals surface area contributed by atoms with Crippen LogP contribution in [0.3, 0.4) is 0 Å². The first-order valence-corrected chi connectivity index (χ1v) is 7.61. The Balaban J connectivity index is 2.57. The monoisotopic (exact) mass is 299 g/mol. The number of rotatable bonds is 8. The van der Waals surface area contributed by atoms with E-state index in [1.165, 1.54) is 21.8 Å². The van der Waals surface area contributed by atoms with E-state index < -0.39 is 12.1 Å². The van der Waals surface area contributed by atoms with Crippen LogP contribution in [-0.2, 0) is 17.6 Å². The SMILES string of the molecule is CCCc1sc(C(=O)NCCC(O)C(=O)O)cc1CC. The maximum Gasteiger partial charge on any atom is 0.332 e. The van der Waals surface area contributed by atoms with E-state index in [4.69, 9.17) is 10.2 Å². The van der Waals surface area contributed by atoms with E-state index >= 15 is 0 Å². The Morgan fingerprint density at radius 3 is 2.65 bits per heavy atom. The van der Waals surface area contributed by atoms with Gasteiger partial charge in [0.05, 0.1) is 4.88 Å². The van der Waals surface area contributed by atoms with E-state index in [0.29, 0.717) is 4.88 Å². The number of aliphatic carboxylic acids is 1. The van der Waals surface area contributed by atoms with Crippen molar-refractivity contribution in [2.45, 2.75) is 45.6 Å². The fourth-order valence-electron chi connectivity index (χ4n) is 1.85. The summed E-state index contributed by atoms with van der Waals surface area (Å²) in [5, 5.41) is 20.3.